The summed E-state index contributed by atoms with van der Waals surface area (Å²) in [5.74, 6) is 0.260. The summed E-state index contributed by atoms with van der Waals surface area (Å²) in [4.78, 5) is 11.1. The fourth-order valence-electron chi connectivity index (χ4n) is 0.861. The first kappa shape index (κ1) is 8.06. The van der Waals surface area contributed by atoms with Gasteiger partial charge in [-0.1, -0.05) is 6.92 Å². The second-order valence-corrected chi connectivity index (χ2v) is 2.87. The van der Waals surface area contributed by atoms with E-state index < -0.39 is 0 Å². The highest BCUT2D eigenvalue weighted by Crippen LogP contribution is 2.28. The van der Waals surface area contributed by atoms with Crippen LogP contribution in [0.2, 0.25) is 0 Å². The molecular weight excluding hydrogens is 140 g/mol. The van der Waals surface area contributed by atoms with E-state index in [1.165, 1.54) is 0 Å². The Kier molecular flexibility index (Phi) is 2.48. The van der Waals surface area contributed by atoms with Gasteiger partial charge in [-0.3, -0.25) is 4.79 Å². The molecule has 1 aliphatic rings. The number of nitrogens with one attached hydrogen (secondary N) is 1. The van der Waals surface area contributed by atoms with Crippen molar-refractivity contribution in [3.8, 4) is 6.07 Å². The summed E-state index contributed by atoms with van der Waals surface area (Å²) < 4.78 is 0. The van der Waals surface area contributed by atoms with Crippen LogP contribution in [0.5, 0.6) is 0 Å². The molecule has 0 radical (unpaired) electrons. The Hall–Kier alpha value is -1.04. The van der Waals surface area contributed by atoms with Crippen molar-refractivity contribution >= 4 is 5.91 Å². The normalized spacial score (nSPS) is 18.5. The first-order valence-electron chi connectivity index (χ1n) is 3.98. The van der Waals surface area contributed by atoms with Crippen LogP contribution >= 0.6 is 0 Å². The molecule has 1 saturated carbocycles. The van der Waals surface area contributed by atoms with Gasteiger partial charge in [-0.25, -0.2) is 0 Å². The van der Waals surface area contributed by atoms with Crippen LogP contribution in [-0.4, -0.2) is 11.9 Å². The lowest BCUT2D eigenvalue weighted by Crippen LogP contribution is -2.34. The van der Waals surface area contributed by atoms with Gasteiger partial charge < -0.3 is 5.32 Å². The third-order valence-corrected chi connectivity index (χ3v) is 1.83. The predicted octanol–water partition coefficient (Wildman–Crippen LogP) is 0.815. The number of carbonyl (C=O) groups is 1. The van der Waals surface area contributed by atoms with E-state index in [1.807, 2.05) is 13.0 Å². The standard InChI is InChI=1S/C8H12N2O/c1-2-7(5-9)10-8(11)6-3-4-6/h6-7H,2-4H2,1H3,(H,10,11)/t7-/m0/s1. The summed E-state index contributed by atoms with van der Waals surface area (Å²) in [5, 5.41) is 11.2. The molecule has 0 aliphatic heterocycles. The third-order valence-electron chi connectivity index (χ3n) is 1.83. The molecule has 0 bridgehead atoms. The smallest absolute Gasteiger partial charge is 0.224 e. The Morgan fingerprint density at radius 1 is 1.82 bits per heavy atom. The third kappa shape index (κ3) is 2.23. The van der Waals surface area contributed by atoms with Crippen LogP contribution in [-0.2, 0) is 4.79 Å². The molecule has 0 heterocycles. The van der Waals surface area contributed by atoms with Crippen molar-refractivity contribution in [3.05, 3.63) is 0 Å². The van der Waals surface area contributed by atoms with Crippen LogP contribution in [0.15, 0.2) is 0 Å². The van der Waals surface area contributed by atoms with E-state index in [-0.39, 0.29) is 17.9 Å². The Morgan fingerprint density at radius 3 is 2.82 bits per heavy atom. The van der Waals surface area contributed by atoms with E-state index >= 15 is 0 Å². The van der Waals surface area contributed by atoms with E-state index in [0.717, 1.165) is 12.8 Å². The molecule has 60 valence electrons. The van der Waals surface area contributed by atoms with Gasteiger partial charge in [0.25, 0.3) is 0 Å². The molecular formula is C8H12N2O. The van der Waals surface area contributed by atoms with E-state index in [1.54, 1.807) is 0 Å². The van der Waals surface area contributed by atoms with Gasteiger partial charge in [-0.2, -0.15) is 5.26 Å². The number of amides is 1. The van der Waals surface area contributed by atoms with Crippen LogP contribution in [0.3, 0.4) is 0 Å². The molecule has 0 aromatic heterocycles. The molecule has 1 fully saturated rings. The minimum absolute atomic E-state index is 0.0541. The van der Waals surface area contributed by atoms with Crippen molar-refractivity contribution in [3.63, 3.8) is 0 Å². The highest BCUT2D eigenvalue weighted by Gasteiger charge is 2.30. The van der Waals surface area contributed by atoms with Gasteiger partial charge in [0.05, 0.1) is 6.07 Å². The summed E-state index contributed by atoms with van der Waals surface area (Å²) in [5.41, 5.74) is 0. The number of nitriles is 1. The van der Waals surface area contributed by atoms with Gasteiger partial charge in [-0.15, -0.1) is 0 Å². The summed E-state index contributed by atoms with van der Waals surface area (Å²) in [7, 11) is 0. The fourth-order valence-corrected chi connectivity index (χ4v) is 0.861. The van der Waals surface area contributed by atoms with Crippen molar-refractivity contribution in [2.45, 2.75) is 32.2 Å². The molecule has 1 aliphatic carbocycles. The molecule has 1 amide bonds. The van der Waals surface area contributed by atoms with Crippen LogP contribution in [0, 0.1) is 17.2 Å². The van der Waals surface area contributed by atoms with Crippen LogP contribution in [0.4, 0.5) is 0 Å². The summed E-state index contributed by atoms with van der Waals surface area (Å²) in [6.45, 7) is 1.89. The van der Waals surface area contributed by atoms with Crippen molar-refractivity contribution < 1.29 is 4.79 Å². The topological polar surface area (TPSA) is 52.9 Å². The first-order chi connectivity index (χ1) is 5.27. The maximum Gasteiger partial charge on any atom is 0.224 e. The van der Waals surface area contributed by atoms with Gasteiger partial charge >= 0.3 is 0 Å². The summed E-state index contributed by atoms with van der Waals surface area (Å²) in [6.07, 6.45) is 2.68. The lowest BCUT2D eigenvalue weighted by molar-refractivity contribution is -0.122. The van der Waals surface area contributed by atoms with Crippen molar-refractivity contribution in [1.82, 2.24) is 5.32 Å². The molecule has 3 nitrogen and oxygen atoms in total. The first-order valence-corrected chi connectivity index (χ1v) is 3.98. The quantitative estimate of drug-likeness (QED) is 0.650. The van der Waals surface area contributed by atoms with E-state index in [4.69, 9.17) is 5.26 Å². The zero-order valence-electron chi connectivity index (χ0n) is 6.63. The van der Waals surface area contributed by atoms with Gasteiger partial charge in [-0.05, 0) is 19.3 Å². The van der Waals surface area contributed by atoms with Gasteiger partial charge in [0, 0.05) is 5.92 Å². The number of hydrogen-bond donors (Lipinski definition) is 1. The van der Waals surface area contributed by atoms with Crippen molar-refractivity contribution in [2.75, 3.05) is 0 Å². The minimum Gasteiger partial charge on any atom is -0.340 e. The maximum atomic E-state index is 11.1. The SMILES string of the molecule is CC[C@@H](C#N)NC(=O)C1CC1. The Bertz CT molecular complexity index is 191. The van der Waals surface area contributed by atoms with Crippen LogP contribution in [0.25, 0.3) is 0 Å². The van der Waals surface area contributed by atoms with E-state index in [0.29, 0.717) is 6.42 Å². The monoisotopic (exact) mass is 152 g/mol. The second-order valence-electron chi connectivity index (χ2n) is 2.87. The Labute approximate surface area is 66.4 Å². The highest BCUT2D eigenvalue weighted by molar-refractivity contribution is 5.81. The Balaban J connectivity index is 2.28. The second kappa shape index (κ2) is 3.38. The van der Waals surface area contributed by atoms with E-state index in [2.05, 4.69) is 5.32 Å². The molecule has 0 aromatic rings. The highest BCUT2D eigenvalue weighted by atomic mass is 16.2. The average molecular weight is 152 g/mol. The van der Waals surface area contributed by atoms with Crippen LogP contribution in [0.1, 0.15) is 26.2 Å². The molecule has 0 unspecified atom stereocenters. The fraction of sp³-hybridized carbons (Fsp3) is 0.750. The number of nitrogens with zero attached hydrogens (tertiary/aromatic N) is 1. The molecule has 0 saturated heterocycles. The molecule has 0 spiro atoms. The number of rotatable bonds is 3. The number of carbonyl (C=O) groups excluding carboxylic acids is 1. The lowest BCUT2D eigenvalue weighted by atomic mass is 10.2. The molecule has 11 heavy (non-hydrogen) atoms. The maximum absolute atomic E-state index is 11.1. The van der Waals surface area contributed by atoms with E-state index in [9.17, 15) is 4.79 Å². The molecule has 3 heteroatoms. The van der Waals surface area contributed by atoms with Gasteiger partial charge in [0.15, 0.2) is 0 Å². The Morgan fingerprint density at radius 2 is 2.45 bits per heavy atom. The van der Waals surface area contributed by atoms with Crippen molar-refractivity contribution in [1.29, 1.82) is 5.26 Å². The van der Waals surface area contributed by atoms with Crippen LogP contribution < -0.4 is 5.32 Å². The molecule has 1 N–H and O–H groups in total. The zero-order valence-corrected chi connectivity index (χ0v) is 6.63. The average Bonchev–Trinajstić information content (AvgIpc) is 2.81. The van der Waals surface area contributed by atoms with Crippen molar-refractivity contribution in [2.24, 2.45) is 5.92 Å². The number of hydrogen-bond acceptors (Lipinski definition) is 2. The predicted molar refractivity (Wildman–Crippen MR) is 40.6 cm³/mol. The largest absolute Gasteiger partial charge is 0.340 e. The molecule has 0 aromatic carbocycles. The molecule has 1 rings (SSSR count). The van der Waals surface area contributed by atoms with Gasteiger partial charge in [0.1, 0.15) is 6.04 Å². The zero-order chi connectivity index (χ0) is 8.27. The summed E-state index contributed by atoms with van der Waals surface area (Å²) >= 11 is 0. The summed E-state index contributed by atoms with van der Waals surface area (Å²) in [6, 6.07) is 1.74. The lowest BCUT2D eigenvalue weighted by Gasteiger charge is -2.07. The molecule has 1 atom stereocenters. The minimum atomic E-state index is -0.289. The van der Waals surface area contributed by atoms with Gasteiger partial charge in [0.2, 0.25) is 5.91 Å².